The van der Waals surface area contributed by atoms with Gasteiger partial charge in [0.1, 0.15) is 0 Å². The minimum Gasteiger partial charge on any atom is -0.0985 e. The van der Waals surface area contributed by atoms with Crippen LogP contribution in [0.2, 0.25) is 0 Å². The van der Waals surface area contributed by atoms with Gasteiger partial charge in [-0.15, -0.1) is 0 Å². The second-order valence-corrected chi connectivity index (χ2v) is 2.55. The Kier molecular flexibility index (Phi) is 1.91. The minimum atomic E-state index is 1.20. The molecule has 0 spiro atoms. The second kappa shape index (κ2) is 2.70. The third-order valence-corrected chi connectivity index (χ3v) is 1.77. The summed E-state index contributed by atoms with van der Waals surface area (Å²) >= 11 is 0. The van der Waals surface area contributed by atoms with E-state index in [2.05, 4.69) is 38.6 Å². The lowest BCUT2D eigenvalue weighted by molar-refractivity contribution is 1.33. The van der Waals surface area contributed by atoms with E-state index >= 15 is 0 Å². The van der Waals surface area contributed by atoms with Gasteiger partial charge in [-0.2, -0.15) is 0 Å². The van der Waals surface area contributed by atoms with Gasteiger partial charge in [0.2, 0.25) is 0 Å². The molecule has 0 aliphatic heterocycles. The smallest absolute Gasteiger partial charge is 0.0260 e. The molecule has 0 atom stereocenters. The van der Waals surface area contributed by atoms with Crippen LogP contribution in [-0.4, -0.2) is 0 Å². The lowest BCUT2D eigenvalue weighted by Crippen LogP contribution is -1.80. The van der Waals surface area contributed by atoms with Crippen LogP contribution in [-0.2, 0) is 0 Å². The molecule has 0 heteroatoms. The fraction of sp³-hybridized carbons (Fsp3) is 0.200. The molecular weight excluding hydrogens is 120 g/mol. The third-order valence-electron chi connectivity index (χ3n) is 1.77. The molecule has 0 radical (unpaired) electrons. The highest BCUT2D eigenvalue weighted by atomic mass is 14.0. The first kappa shape index (κ1) is 7.07. The van der Waals surface area contributed by atoms with E-state index in [4.69, 9.17) is 0 Å². The predicted octanol–water partition coefficient (Wildman–Crippen LogP) is 2.95. The predicted molar refractivity (Wildman–Crippen MR) is 46.0 cm³/mol. The van der Waals surface area contributed by atoms with Crippen molar-refractivity contribution in [3.05, 3.63) is 41.5 Å². The fourth-order valence-corrected chi connectivity index (χ4v) is 0.892. The first-order valence-corrected chi connectivity index (χ1v) is 3.43. The van der Waals surface area contributed by atoms with Gasteiger partial charge in [0, 0.05) is 0 Å². The van der Waals surface area contributed by atoms with E-state index in [0.29, 0.717) is 0 Å². The summed E-state index contributed by atoms with van der Waals surface area (Å²) < 4.78 is 0. The van der Waals surface area contributed by atoms with Gasteiger partial charge in [0.25, 0.3) is 0 Å². The highest BCUT2D eigenvalue weighted by Gasteiger charge is 1.90. The van der Waals surface area contributed by atoms with Gasteiger partial charge in [0.15, 0.2) is 0 Å². The molecule has 0 aromatic heterocycles. The van der Waals surface area contributed by atoms with Crippen molar-refractivity contribution in [3.8, 4) is 0 Å². The first-order chi connectivity index (χ1) is 4.74. The first-order valence-electron chi connectivity index (χ1n) is 3.43. The Labute approximate surface area is 62.2 Å². The summed E-state index contributed by atoms with van der Waals surface area (Å²) in [6.07, 6.45) is 1.87. The molecule has 1 aromatic carbocycles. The molecule has 0 aliphatic rings. The van der Waals surface area contributed by atoms with Crippen molar-refractivity contribution in [2.45, 2.75) is 13.8 Å². The summed E-state index contributed by atoms with van der Waals surface area (Å²) in [7, 11) is 0. The molecule has 1 aromatic rings. The molecule has 52 valence electrons. The van der Waals surface area contributed by atoms with Gasteiger partial charge < -0.3 is 0 Å². The van der Waals surface area contributed by atoms with Gasteiger partial charge in [-0.05, 0) is 30.5 Å². The van der Waals surface area contributed by atoms with Crippen LogP contribution >= 0.6 is 0 Å². The molecular formula is C10H12. The molecule has 0 fully saturated rings. The summed E-state index contributed by atoms with van der Waals surface area (Å²) in [5, 5.41) is 0. The van der Waals surface area contributed by atoms with E-state index in [1.165, 1.54) is 16.7 Å². The Bertz CT molecular complexity index is 246. The molecule has 0 saturated heterocycles. The lowest BCUT2D eigenvalue weighted by Gasteiger charge is -1.99. The normalized spacial score (nSPS) is 9.40. The molecule has 0 aliphatic carbocycles. The fourth-order valence-electron chi connectivity index (χ4n) is 0.892. The molecule has 0 N–H and O–H groups in total. The Morgan fingerprint density at radius 3 is 2.40 bits per heavy atom. The Morgan fingerprint density at radius 2 is 1.90 bits per heavy atom. The molecule has 1 rings (SSSR count). The van der Waals surface area contributed by atoms with E-state index < -0.39 is 0 Å². The second-order valence-electron chi connectivity index (χ2n) is 2.55. The van der Waals surface area contributed by atoms with Crippen LogP contribution in [0.3, 0.4) is 0 Å². The number of rotatable bonds is 1. The Balaban J connectivity index is 3.16. The van der Waals surface area contributed by atoms with Crippen molar-refractivity contribution in [2.75, 3.05) is 0 Å². The van der Waals surface area contributed by atoms with E-state index in [-0.39, 0.29) is 0 Å². The van der Waals surface area contributed by atoms with E-state index in [1.807, 2.05) is 6.08 Å². The van der Waals surface area contributed by atoms with E-state index in [0.717, 1.165) is 0 Å². The highest BCUT2D eigenvalue weighted by molar-refractivity contribution is 5.49. The minimum absolute atomic E-state index is 1.20. The number of hydrogen-bond acceptors (Lipinski definition) is 0. The molecule has 0 heterocycles. The van der Waals surface area contributed by atoms with Crippen LogP contribution in [0.4, 0.5) is 0 Å². The molecule has 0 unspecified atom stereocenters. The zero-order valence-electron chi connectivity index (χ0n) is 6.52. The SMILES string of the molecule is C=Cc1ccc(C)c(C)c1. The zero-order chi connectivity index (χ0) is 7.56. The molecule has 0 saturated carbocycles. The van der Waals surface area contributed by atoms with Gasteiger partial charge in [-0.1, -0.05) is 30.9 Å². The zero-order valence-corrected chi connectivity index (χ0v) is 6.52. The maximum Gasteiger partial charge on any atom is -0.0260 e. The summed E-state index contributed by atoms with van der Waals surface area (Å²) in [6, 6.07) is 6.34. The topological polar surface area (TPSA) is 0 Å². The largest absolute Gasteiger partial charge is 0.0985 e. The maximum atomic E-state index is 3.70. The standard InChI is InChI=1S/C10H12/c1-4-10-6-5-8(2)9(3)7-10/h4-7H,1H2,2-3H3. The summed E-state index contributed by atoms with van der Waals surface area (Å²) in [5.74, 6) is 0. The van der Waals surface area contributed by atoms with Crippen molar-refractivity contribution in [1.29, 1.82) is 0 Å². The number of hydrogen-bond donors (Lipinski definition) is 0. The quantitative estimate of drug-likeness (QED) is 0.551. The van der Waals surface area contributed by atoms with E-state index in [9.17, 15) is 0 Å². The van der Waals surface area contributed by atoms with Crippen molar-refractivity contribution in [1.82, 2.24) is 0 Å². The van der Waals surface area contributed by atoms with Crippen molar-refractivity contribution in [2.24, 2.45) is 0 Å². The average molecular weight is 132 g/mol. The molecule has 0 nitrogen and oxygen atoms in total. The van der Waals surface area contributed by atoms with Crippen molar-refractivity contribution < 1.29 is 0 Å². The van der Waals surface area contributed by atoms with Crippen LogP contribution in [0.25, 0.3) is 6.08 Å². The van der Waals surface area contributed by atoms with Crippen molar-refractivity contribution in [3.63, 3.8) is 0 Å². The third kappa shape index (κ3) is 1.27. The molecule has 0 bridgehead atoms. The van der Waals surface area contributed by atoms with Crippen LogP contribution in [0.1, 0.15) is 16.7 Å². The summed E-state index contributed by atoms with van der Waals surface area (Å²) in [4.78, 5) is 0. The van der Waals surface area contributed by atoms with Crippen LogP contribution < -0.4 is 0 Å². The van der Waals surface area contributed by atoms with Crippen LogP contribution in [0, 0.1) is 13.8 Å². The van der Waals surface area contributed by atoms with Gasteiger partial charge in [-0.25, -0.2) is 0 Å². The Morgan fingerprint density at radius 1 is 1.20 bits per heavy atom. The molecule has 10 heavy (non-hydrogen) atoms. The van der Waals surface area contributed by atoms with Gasteiger partial charge in [0.05, 0.1) is 0 Å². The average Bonchev–Trinajstić information content (AvgIpc) is 1.95. The van der Waals surface area contributed by atoms with Gasteiger partial charge in [-0.3, -0.25) is 0 Å². The number of benzene rings is 1. The lowest BCUT2D eigenvalue weighted by atomic mass is 10.1. The van der Waals surface area contributed by atoms with Crippen LogP contribution in [0.15, 0.2) is 24.8 Å². The van der Waals surface area contributed by atoms with Crippen LogP contribution in [0.5, 0.6) is 0 Å². The Hall–Kier alpha value is -1.04. The monoisotopic (exact) mass is 132 g/mol. The number of aryl methyl sites for hydroxylation is 2. The molecule has 0 amide bonds. The maximum absolute atomic E-state index is 3.70. The summed E-state index contributed by atoms with van der Waals surface area (Å²) in [6.45, 7) is 7.93. The summed E-state index contributed by atoms with van der Waals surface area (Å²) in [5.41, 5.74) is 3.87. The van der Waals surface area contributed by atoms with Gasteiger partial charge >= 0.3 is 0 Å². The van der Waals surface area contributed by atoms with E-state index in [1.54, 1.807) is 0 Å². The van der Waals surface area contributed by atoms with Crippen molar-refractivity contribution >= 4 is 6.08 Å². The highest BCUT2D eigenvalue weighted by Crippen LogP contribution is 2.09.